The summed E-state index contributed by atoms with van der Waals surface area (Å²) in [6.45, 7) is -0.572. The first-order chi connectivity index (χ1) is 11.0. The molecule has 1 aromatic heterocycles. The number of carbonyl (C=O) groups excluding carboxylic acids is 2. The van der Waals surface area contributed by atoms with E-state index in [2.05, 4.69) is 26.2 Å². The van der Waals surface area contributed by atoms with Crippen molar-refractivity contribution in [3.05, 3.63) is 62.9 Å². The number of ether oxygens (including phenoxy) is 1. The Kier molecular flexibility index (Phi) is 5.36. The molecule has 0 saturated carbocycles. The van der Waals surface area contributed by atoms with Crippen molar-refractivity contribution in [2.45, 2.75) is 0 Å². The lowest BCUT2D eigenvalue weighted by atomic mass is 10.2. The number of pyridine rings is 1. The minimum Gasteiger partial charge on any atom is -0.452 e. The number of halogens is 1. The van der Waals surface area contributed by atoms with Gasteiger partial charge >= 0.3 is 5.97 Å². The molecule has 8 nitrogen and oxygen atoms in total. The Morgan fingerprint density at radius 1 is 1.30 bits per heavy atom. The van der Waals surface area contributed by atoms with E-state index in [0.29, 0.717) is 4.47 Å². The first-order valence-corrected chi connectivity index (χ1v) is 7.07. The number of carbonyl (C=O) groups is 2. The first kappa shape index (κ1) is 16.6. The molecule has 0 unspecified atom stereocenters. The highest BCUT2D eigenvalue weighted by atomic mass is 79.9. The van der Waals surface area contributed by atoms with Crippen molar-refractivity contribution in [3.8, 4) is 0 Å². The van der Waals surface area contributed by atoms with E-state index in [9.17, 15) is 19.7 Å². The fraction of sp³-hybridized carbons (Fsp3) is 0.0714. The summed E-state index contributed by atoms with van der Waals surface area (Å²) in [5.74, 6) is -1.41. The molecular weight excluding hydrogens is 370 g/mol. The number of hydrogen-bond acceptors (Lipinski definition) is 6. The average molecular weight is 380 g/mol. The van der Waals surface area contributed by atoms with Crippen LogP contribution in [0.25, 0.3) is 0 Å². The molecule has 2 rings (SSSR count). The van der Waals surface area contributed by atoms with E-state index < -0.39 is 23.4 Å². The highest BCUT2D eigenvalue weighted by Gasteiger charge is 2.16. The highest BCUT2D eigenvalue weighted by Crippen LogP contribution is 2.22. The van der Waals surface area contributed by atoms with Gasteiger partial charge < -0.3 is 10.1 Å². The van der Waals surface area contributed by atoms with Gasteiger partial charge in [0, 0.05) is 22.9 Å². The molecule has 1 amide bonds. The van der Waals surface area contributed by atoms with E-state index in [0.717, 1.165) is 0 Å². The van der Waals surface area contributed by atoms with Crippen LogP contribution in [0.1, 0.15) is 10.4 Å². The second kappa shape index (κ2) is 7.45. The molecule has 0 saturated heterocycles. The van der Waals surface area contributed by atoms with Crippen LogP contribution in [0, 0.1) is 10.1 Å². The number of benzene rings is 1. The van der Waals surface area contributed by atoms with Crippen LogP contribution in [0.15, 0.2) is 47.2 Å². The second-order valence-electron chi connectivity index (χ2n) is 4.29. The number of anilines is 1. The number of para-hydroxylation sites is 2. The van der Waals surface area contributed by atoms with Crippen LogP contribution in [-0.2, 0) is 9.53 Å². The smallest absolute Gasteiger partial charge is 0.340 e. The lowest BCUT2D eigenvalue weighted by Gasteiger charge is -2.07. The predicted molar refractivity (Wildman–Crippen MR) is 83.9 cm³/mol. The molecule has 0 aliphatic carbocycles. The van der Waals surface area contributed by atoms with Crippen LogP contribution in [0.4, 0.5) is 11.4 Å². The van der Waals surface area contributed by atoms with Gasteiger partial charge in [-0.25, -0.2) is 4.79 Å². The fourth-order valence-corrected chi connectivity index (χ4v) is 2.03. The van der Waals surface area contributed by atoms with Crippen LogP contribution in [0.5, 0.6) is 0 Å². The number of rotatable bonds is 5. The molecule has 0 bridgehead atoms. The van der Waals surface area contributed by atoms with Crippen molar-refractivity contribution in [3.63, 3.8) is 0 Å². The lowest BCUT2D eigenvalue weighted by molar-refractivity contribution is -0.383. The van der Waals surface area contributed by atoms with Gasteiger partial charge in [-0.2, -0.15) is 0 Å². The molecule has 23 heavy (non-hydrogen) atoms. The maximum atomic E-state index is 11.8. The molecule has 0 fully saturated rings. The van der Waals surface area contributed by atoms with Gasteiger partial charge in [-0.15, -0.1) is 0 Å². The minimum atomic E-state index is -0.725. The molecule has 2 aromatic rings. The van der Waals surface area contributed by atoms with Crippen molar-refractivity contribution in [2.75, 3.05) is 11.9 Å². The van der Waals surface area contributed by atoms with Crippen LogP contribution in [-0.4, -0.2) is 28.4 Å². The molecule has 118 valence electrons. The number of nitrogens with zero attached hydrogens (tertiary/aromatic N) is 2. The average Bonchev–Trinajstić information content (AvgIpc) is 2.53. The highest BCUT2D eigenvalue weighted by molar-refractivity contribution is 9.10. The Morgan fingerprint density at radius 3 is 2.74 bits per heavy atom. The van der Waals surface area contributed by atoms with Crippen molar-refractivity contribution >= 4 is 39.2 Å². The van der Waals surface area contributed by atoms with Crippen molar-refractivity contribution in [1.29, 1.82) is 0 Å². The molecule has 9 heteroatoms. The van der Waals surface area contributed by atoms with Crippen molar-refractivity contribution < 1.29 is 19.2 Å². The number of amides is 1. The molecule has 1 aromatic carbocycles. The zero-order valence-corrected chi connectivity index (χ0v) is 13.1. The van der Waals surface area contributed by atoms with Crippen molar-refractivity contribution in [1.82, 2.24) is 4.98 Å². The normalized spacial score (nSPS) is 9.96. The summed E-state index contributed by atoms with van der Waals surface area (Å²) in [7, 11) is 0. The third-order valence-corrected chi connectivity index (χ3v) is 3.08. The number of esters is 1. The van der Waals surface area contributed by atoms with Gasteiger partial charge in [0.15, 0.2) is 6.61 Å². The Labute approximate surface area is 138 Å². The van der Waals surface area contributed by atoms with Gasteiger partial charge in [0.25, 0.3) is 11.6 Å². The molecule has 0 radical (unpaired) electrons. The number of nitro groups is 1. The lowest BCUT2D eigenvalue weighted by Crippen LogP contribution is -2.21. The molecule has 0 aliphatic rings. The van der Waals surface area contributed by atoms with Gasteiger partial charge in [0.1, 0.15) is 5.69 Å². The molecular formula is C14H10BrN3O5. The zero-order valence-electron chi connectivity index (χ0n) is 11.6. The summed E-state index contributed by atoms with van der Waals surface area (Å²) in [6, 6.07) is 7.16. The molecule has 0 aliphatic heterocycles. The summed E-state index contributed by atoms with van der Waals surface area (Å²) in [5.41, 5.74) is -0.0381. The van der Waals surface area contributed by atoms with Gasteiger partial charge in [0.2, 0.25) is 0 Å². The van der Waals surface area contributed by atoms with E-state index in [1.165, 1.54) is 36.7 Å². The number of nitro benzene ring substituents is 1. The SMILES string of the molecule is O=C(COC(=O)c1cncc(Br)c1)Nc1ccccc1[N+](=O)[O-]. The van der Waals surface area contributed by atoms with Gasteiger partial charge in [-0.05, 0) is 28.1 Å². The molecule has 0 atom stereocenters. The summed E-state index contributed by atoms with van der Waals surface area (Å²) in [6.07, 6.45) is 2.80. The van der Waals surface area contributed by atoms with E-state index >= 15 is 0 Å². The summed E-state index contributed by atoms with van der Waals surface area (Å²) in [4.78, 5) is 37.5. The third-order valence-electron chi connectivity index (χ3n) is 2.65. The minimum absolute atomic E-state index is 0.0303. The van der Waals surface area contributed by atoms with Gasteiger partial charge in [-0.3, -0.25) is 19.9 Å². The Bertz CT molecular complexity index is 766. The van der Waals surface area contributed by atoms with Crippen LogP contribution in [0.2, 0.25) is 0 Å². The van der Waals surface area contributed by atoms with Crippen LogP contribution < -0.4 is 5.32 Å². The van der Waals surface area contributed by atoms with Crippen LogP contribution in [0.3, 0.4) is 0 Å². The third kappa shape index (κ3) is 4.58. The number of aromatic nitrogens is 1. The molecule has 1 N–H and O–H groups in total. The maximum absolute atomic E-state index is 11.8. The monoisotopic (exact) mass is 379 g/mol. The summed E-state index contributed by atoms with van der Waals surface area (Å²) >= 11 is 3.16. The fourth-order valence-electron chi connectivity index (χ4n) is 1.66. The molecule has 0 spiro atoms. The van der Waals surface area contributed by atoms with E-state index in [1.54, 1.807) is 6.07 Å². The Morgan fingerprint density at radius 2 is 2.04 bits per heavy atom. The topological polar surface area (TPSA) is 111 Å². The zero-order chi connectivity index (χ0) is 16.8. The summed E-state index contributed by atoms with van der Waals surface area (Å²) in [5, 5.41) is 13.2. The van der Waals surface area contributed by atoms with Gasteiger partial charge in [0.05, 0.1) is 10.5 Å². The predicted octanol–water partition coefficient (Wildman–Crippen LogP) is 2.55. The summed E-state index contributed by atoms with van der Waals surface area (Å²) < 4.78 is 5.43. The standard InChI is InChI=1S/C14H10BrN3O5/c15-10-5-9(6-16-7-10)14(20)23-8-13(19)17-11-3-1-2-4-12(11)18(21)22/h1-7H,8H2,(H,17,19). The largest absolute Gasteiger partial charge is 0.452 e. The maximum Gasteiger partial charge on any atom is 0.340 e. The van der Waals surface area contributed by atoms with Crippen LogP contribution >= 0.6 is 15.9 Å². The number of nitrogens with one attached hydrogen (secondary N) is 1. The second-order valence-corrected chi connectivity index (χ2v) is 5.21. The van der Waals surface area contributed by atoms with Gasteiger partial charge in [-0.1, -0.05) is 12.1 Å². The van der Waals surface area contributed by atoms with E-state index in [-0.39, 0.29) is 16.9 Å². The van der Waals surface area contributed by atoms with Crippen molar-refractivity contribution in [2.24, 2.45) is 0 Å². The first-order valence-electron chi connectivity index (χ1n) is 6.28. The quantitative estimate of drug-likeness (QED) is 0.485. The number of hydrogen-bond donors (Lipinski definition) is 1. The Balaban J connectivity index is 1.96. The van der Waals surface area contributed by atoms with E-state index in [1.807, 2.05) is 0 Å². The molecule has 1 heterocycles. The van der Waals surface area contributed by atoms with E-state index in [4.69, 9.17) is 4.74 Å². The Hall–Kier alpha value is -2.81.